The summed E-state index contributed by atoms with van der Waals surface area (Å²) in [5.74, 6) is -0.191. The molecule has 0 saturated carbocycles. The van der Waals surface area contributed by atoms with Gasteiger partial charge in [0, 0.05) is 6.42 Å². The summed E-state index contributed by atoms with van der Waals surface area (Å²) in [7, 11) is 0. The highest BCUT2D eigenvalue weighted by Gasteiger charge is 2.44. The van der Waals surface area contributed by atoms with E-state index in [1.807, 2.05) is 6.08 Å². The lowest BCUT2D eigenvalue weighted by Gasteiger charge is -2.40. The van der Waals surface area contributed by atoms with Crippen LogP contribution >= 0.6 is 0 Å². The Morgan fingerprint density at radius 3 is 1.79 bits per heavy atom. The smallest absolute Gasteiger partial charge is 0.220 e. The monoisotopic (exact) mass is 670 g/mol. The van der Waals surface area contributed by atoms with Crippen molar-refractivity contribution in [2.45, 2.75) is 198 Å². The maximum atomic E-state index is 12.8. The molecule has 7 atom stereocenters. The molecule has 1 rings (SSSR count). The van der Waals surface area contributed by atoms with Crippen LogP contribution in [0.1, 0.15) is 155 Å². The minimum Gasteiger partial charge on any atom is -0.394 e. The highest BCUT2D eigenvalue weighted by molar-refractivity contribution is 5.76. The number of hydrogen-bond donors (Lipinski definition) is 6. The lowest BCUT2D eigenvalue weighted by Crippen LogP contribution is -2.60. The molecule has 1 fully saturated rings. The number of aliphatic hydroxyl groups excluding tert-OH is 5. The number of ether oxygens (including phenoxy) is 2. The molecule has 1 aliphatic heterocycles. The second-order valence-corrected chi connectivity index (χ2v) is 13.4. The van der Waals surface area contributed by atoms with E-state index in [4.69, 9.17) is 9.47 Å². The Morgan fingerprint density at radius 2 is 1.21 bits per heavy atom. The molecule has 1 aliphatic rings. The van der Waals surface area contributed by atoms with Crippen LogP contribution in [-0.2, 0) is 14.3 Å². The molecule has 0 radical (unpaired) electrons. The van der Waals surface area contributed by atoms with E-state index in [1.54, 1.807) is 6.08 Å². The van der Waals surface area contributed by atoms with Gasteiger partial charge in [-0.05, 0) is 32.1 Å². The number of hydrogen-bond acceptors (Lipinski definition) is 8. The minimum atomic E-state index is -1.57. The molecule has 1 amide bonds. The van der Waals surface area contributed by atoms with Gasteiger partial charge in [0.05, 0.1) is 25.4 Å². The van der Waals surface area contributed by atoms with E-state index in [1.165, 1.54) is 96.3 Å². The first kappa shape index (κ1) is 43.7. The molecule has 9 nitrogen and oxygen atoms in total. The average Bonchev–Trinajstić information content (AvgIpc) is 3.07. The second-order valence-electron chi connectivity index (χ2n) is 13.4. The zero-order valence-corrected chi connectivity index (χ0v) is 29.8. The van der Waals surface area contributed by atoms with Crippen molar-refractivity contribution in [2.75, 3.05) is 13.2 Å². The first-order chi connectivity index (χ1) is 22.8. The van der Waals surface area contributed by atoms with Gasteiger partial charge < -0.3 is 40.3 Å². The molecule has 0 aromatic carbocycles. The summed E-state index contributed by atoms with van der Waals surface area (Å²) < 4.78 is 11.1. The predicted octanol–water partition coefficient (Wildman–Crippen LogP) is 6.38. The number of rotatable bonds is 30. The van der Waals surface area contributed by atoms with Crippen molar-refractivity contribution in [1.82, 2.24) is 5.32 Å². The van der Waals surface area contributed by atoms with Crippen LogP contribution in [0.15, 0.2) is 24.3 Å². The zero-order chi connectivity index (χ0) is 34.5. The summed E-state index contributed by atoms with van der Waals surface area (Å²) in [4.78, 5) is 12.8. The van der Waals surface area contributed by atoms with E-state index in [-0.39, 0.29) is 12.5 Å². The van der Waals surface area contributed by atoms with Crippen LogP contribution in [0.5, 0.6) is 0 Å². The highest BCUT2D eigenvalue weighted by atomic mass is 16.7. The molecule has 276 valence electrons. The van der Waals surface area contributed by atoms with Crippen LogP contribution in [-0.4, -0.2) is 87.5 Å². The molecule has 0 bridgehead atoms. The molecule has 0 aromatic rings. The van der Waals surface area contributed by atoms with Gasteiger partial charge in [-0.1, -0.05) is 141 Å². The van der Waals surface area contributed by atoms with Gasteiger partial charge in [-0.2, -0.15) is 0 Å². The Hall–Kier alpha value is -1.33. The number of carbonyl (C=O) groups is 1. The first-order valence-corrected chi connectivity index (χ1v) is 19.1. The van der Waals surface area contributed by atoms with Crippen LogP contribution in [0.25, 0.3) is 0 Å². The third-order valence-corrected chi connectivity index (χ3v) is 9.03. The van der Waals surface area contributed by atoms with Crippen LogP contribution < -0.4 is 5.32 Å². The summed E-state index contributed by atoms with van der Waals surface area (Å²) in [5.41, 5.74) is 0. The highest BCUT2D eigenvalue weighted by Crippen LogP contribution is 2.22. The molecule has 0 spiro atoms. The van der Waals surface area contributed by atoms with Crippen molar-refractivity contribution in [2.24, 2.45) is 0 Å². The molecule has 0 aliphatic carbocycles. The fourth-order valence-corrected chi connectivity index (χ4v) is 5.88. The Morgan fingerprint density at radius 1 is 0.702 bits per heavy atom. The van der Waals surface area contributed by atoms with Crippen LogP contribution in [0.3, 0.4) is 0 Å². The molecule has 6 N–H and O–H groups in total. The van der Waals surface area contributed by atoms with Gasteiger partial charge in [0.2, 0.25) is 5.91 Å². The van der Waals surface area contributed by atoms with E-state index in [0.29, 0.717) is 6.42 Å². The first-order valence-electron chi connectivity index (χ1n) is 19.1. The SMILES string of the molecule is CCCCCCCCCC/C=C/CC/C=C/C(O)C(COC1OC(CO)C(O)C(O)C1O)NC(=O)CCCCCCCCCCCC. The number of unbranched alkanes of at least 4 members (excludes halogenated alkanes) is 18. The maximum absolute atomic E-state index is 12.8. The standard InChI is InChI=1S/C38H71NO8/c1-3-5-7-9-11-13-15-16-17-18-19-21-23-25-27-32(41)31(30-46-38-37(45)36(44)35(43)33(29-40)47-38)39-34(42)28-26-24-22-20-14-12-10-8-6-4-2/h18-19,25,27,31-33,35-38,40-41,43-45H,3-17,20-24,26,28-30H2,1-2H3,(H,39,42)/b19-18+,27-25+. The van der Waals surface area contributed by atoms with Gasteiger partial charge in [0.15, 0.2) is 6.29 Å². The summed E-state index contributed by atoms with van der Waals surface area (Å²) >= 11 is 0. The summed E-state index contributed by atoms with van der Waals surface area (Å²) in [5, 5.41) is 53.8. The fraction of sp³-hybridized carbons (Fsp3) is 0.868. The Kier molecular flexibility index (Phi) is 27.5. The molecular weight excluding hydrogens is 598 g/mol. The van der Waals surface area contributed by atoms with E-state index in [2.05, 4.69) is 31.3 Å². The third kappa shape index (κ3) is 21.4. The van der Waals surface area contributed by atoms with Crippen molar-refractivity contribution >= 4 is 5.91 Å². The fourth-order valence-electron chi connectivity index (χ4n) is 5.88. The lowest BCUT2D eigenvalue weighted by atomic mass is 9.99. The molecule has 9 heteroatoms. The van der Waals surface area contributed by atoms with Crippen molar-refractivity contribution in [3.8, 4) is 0 Å². The Bertz CT molecular complexity index is 792. The molecule has 47 heavy (non-hydrogen) atoms. The Balaban J connectivity index is 2.50. The number of nitrogens with one attached hydrogen (secondary N) is 1. The van der Waals surface area contributed by atoms with E-state index < -0.39 is 49.5 Å². The maximum Gasteiger partial charge on any atom is 0.220 e. The van der Waals surface area contributed by atoms with E-state index >= 15 is 0 Å². The van der Waals surface area contributed by atoms with E-state index in [0.717, 1.165) is 38.5 Å². The number of amides is 1. The normalized spacial score (nSPS) is 23.1. The van der Waals surface area contributed by atoms with Gasteiger partial charge in [-0.25, -0.2) is 0 Å². The van der Waals surface area contributed by atoms with Gasteiger partial charge >= 0.3 is 0 Å². The van der Waals surface area contributed by atoms with Crippen molar-refractivity contribution in [3.05, 3.63) is 24.3 Å². The van der Waals surface area contributed by atoms with Gasteiger partial charge in [-0.15, -0.1) is 0 Å². The lowest BCUT2D eigenvalue weighted by molar-refractivity contribution is -0.302. The van der Waals surface area contributed by atoms with Gasteiger partial charge in [0.1, 0.15) is 24.4 Å². The number of allylic oxidation sites excluding steroid dienone is 3. The summed E-state index contributed by atoms with van der Waals surface area (Å²) in [6.45, 7) is 3.70. The second kappa shape index (κ2) is 29.6. The predicted molar refractivity (Wildman–Crippen MR) is 189 cm³/mol. The topological polar surface area (TPSA) is 149 Å². The minimum absolute atomic E-state index is 0.191. The number of aliphatic hydroxyl groups is 5. The van der Waals surface area contributed by atoms with Crippen molar-refractivity contribution in [1.29, 1.82) is 0 Å². The van der Waals surface area contributed by atoms with Gasteiger partial charge in [0.25, 0.3) is 0 Å². The molecule has 1 saturated heterocycles. The largest absolute Gasteiger partial charge is 0.394 e. The molecule has 0 aromatic heterocycles. The van der Waals surface area contributed by atoms with Crippen LogP contribution in [0.2, 0.25) is 0 Å². The number of carbonyl (C=O) groups excluding carboxylic acids is 1. The molecular formula is C38H71NO8. The summed E-state index contributed by atoms with van der Waals surface area (Å²) in [6.07, 6.45) is 25.1. The van der Waals surface area contributed by atoms with Crippen LogP contribution in [0, 0.1) is 0 Å². The Labute approximate surface area is 286 Å². The van der Waals surface area contributed by atoms with Crippen LogP contribution in [0.4, 0.5) is 0 Å². The van der Waals surface area contributed by atoms with E-state index in [9.17, 15) is 30.3 Å². The average molecular weight is 670 g/mol. The third-order valence-electron chi connectivity index (χ3n) is 9.03. The van der Waals surface area contributed by atoms with Gasteiger partial charge in [-0.3, -0.25) is 4.79 Å². The molecule has 1 heterocycles. The zero-order valence-electron chi connectivity index (χ0n) is 29.8. The summed E-state index contributed by atoms with van der Waals surface area (Å²) in [6, 6.07) is -0.813. The molecule has 7 unspecified atom stereocenters. The van der Waals surface area contributed by atoms with Crippen molar-refractivity contribution in [3.63, 3.8) is 0 Å². The van der Waals surface area contributed by atoms with Crippen molar-refractivity contribution < 1.29 is 39.8 Å². The quantitative estimate of drug-likeness (QED) is 0.0381.